The molecule has 0 saturated heterocycles. The van der Waals surface area contributed by atoms with Gasteiger partial charge in [0.05, 0.1) is 16.4 Å². The van der Waals surface area contributed by atoms with Crippen molar-refractivity contribution in [3.8, 4) is 0 Å². The van der Waals surface area contributed by atoms with Crippen LogP contribution >= 0.6 is 22.9 Å². The number of anilines is 1. The maximum atomic E-state index is 12.1. The molecule has 0 unspecified atom stereocenters. The summed E-state index contributed by atoms with van der Waals surface area (Å²) in [4.78, 5) is 16.5. The summed E-state index contributed by atoms with van der Waals surface area (Å²) in [6.07, 6.45) is 1.52. The number of thiazole rings is 1. The minimum atomic E-state index is -0.464. The molecule has 0 aliphatic heterocycles. The van der Waals surface area contributed by atoms with E-state index in [-0.39, 0.29) is 5.91 Å². The zero-order valence-corrected chi connectivity index (χ0v) is 14.4. The van der Waals surface area contributed by atoms with Gasteiger partial charge in [-0.25, -0.2) is 10.4 Å². The lowest BCUT2D eigenvalue weighted by atomic mass is 10.2. The maximum Gasteiger partial charge on any atom is 0.262 e. The van der Waals surface area contributed by atoms with Gasteiger partial charge in [-0.2, -0.15) is 5.10 Å². The molecular formula is C17H15ClN4OS. The van der Waals surface area contributed by atoms with Gasteiger partial charge in [0.2, 0.25) is 0 Å². The fourth-order valence-corrected chi connectivity index (χ4v) is 3.16. The molecule has 0 saturated carbocycles. The summed E-state index contributed by atoms with van der Waals surface area (Å²) in [6, 6.07) is 14.6. The van der Waals surface area contributed by atoms with Crippen molar-refractivity contribution < 1.29 is 4.79 Å². The van der Waals surface area contributed by atoms with Crippen LogP contribution in [0.2, 0.25) is 5.02 Å². The molecule has 2 aromatic carbocycles. The first-order chi connectivity index (χ1) is 11.6. The minimum absolute atomic E-state index is 0.252. The van der Waals surface area contributed by atoms with Crippen LogP contribution in [0.5, 0.6) is 0 Å². The summed E-state index contributed by atoms with van der Waals surface area (Å²) in [5.74, 6) is -0.252. The summed E-state index contributed by atoms with van der Waals surface area (Å²) in [5, 5.41) is 8.31. The maximum absolute atomic E-state index is 12.1. The summed E-state index contributed by atoms with van der Waals surface area (Å²) in [7, 11) is 0. The number of halogens is 1. The standard InChI is InChI=1S/C17H15ClN4OS/c1-11(20-17-21-14-8-4-5-9-15(14)24-17)16(23)22-19-10-12-6-2-3-7-13(12)18/h2-11H,1H3,(H,20,21)(H,22,23)/b19-10-/t11-/m1/s1. The number of benzene rings is 2. The minimum Gasteiger partial charge on any atom is -0.350 e. The lowest BCUT2D eigenvalue weighted by Crippen LogP contribution is -2.34. The molecule has 1 amide bonds. The number of para-hydroxylation sites is 1. The molecule has 0 aliphatic carbocycles. The van der Waals surface area contributed by atoms with E-state index in [4.69, 9.17) is 11.6 Å². The van der Waals surface area contributed by atoms with E-state index < -0.39 is 6.04 Å². The number of fused-ring (bicyclic) bond motifs is 1. The Morgan fingerprint density at radius 2 is 2.00 bits per heavy atom. The van der Waals surface area contributed by atoms with Crippen molar-refractivity contribution in [2.24, 2.45) is 5.10 Å². The number of nitrogens with zero attached hydrogens (tertiary/aromatic N) is 2. The summed E-state index contributed by atoms with van der Waals surface area (Å²) < 4.78 is 1.07. The summed E-state index contributed by atoms with van der Waals surface area (Å²) in [6.45, 7) is 1.76. The molecule has 24 heavy (non-hydrogen) atoms. The van der Waals surface area contributed by atoms with Crippen molar-refractivity contribution in [1.29, 1.82) is 0 Å². The number of rotatable bonds is 5. The molecule has 0 fully saturated rings. The number of carbonyl (C=O) groups is 1. The van der Waals surface area contributed by atoms with E-state index in [1.807, 2.05) is 42.5 Å². The van der Waals surface area contributed by atoms with Crippen LogP contribution < -0.4 is 10.7 Å². The van der Waals surface area contributed by atoms with Crippen LogP contribution in [0.3, 0.4) is 0 Å². The van der Waals surface area contributed by atoms with Crippen LogP contribution in [-0.2, 0) is 4.79 Å². The van der Waals surface area contributed by atoms with Gasteiger partial charge < -0.3 is 5.32 Å². The van der Waals surface area contributed by atoms with Crippen LogP contribution in [0.1, 0.15) is 12.5 Å². The van der Waals surface area contributed by atoms with E-state index in [1.165, 1.54) is 17.6 Å². The largest absolute Gasteiger partial charge is 0.350 e. The van der Waals surface area contributed by atoms with Crippen LogP contribution in [0.25, 0.3) is 10.2 Å². The van der Waals surface area contributed by atoms with Crippen LogP contribution in [0.15, 0.2) is 53.6 Å². The number of nitrogens with one attached hydrogen (secondary N) is 2. The average molecular weight is 359 g/mol. The van der Waals surface area contributed by atoms with Gasteiger partial charge in [-0.15, -0.1) is 0 Å². The first kappa shape index (κ1) is 16.4. The molecule has 5 nitrogen and oxygen atoms in total. The Bertz CT molecular complexity index is 860. The zero-order valence-electron chi connectivity index (χ0n) is 12.9. The molecule has 0 bridgehead atoms. The van der Waals surface area contributed by atoms with Gasteiger partial charge in [-0.1, -0.05) is 53.3 Å². The van der Waals surface area contributed by atoms with Gasteiger partial charge in [-0.05, 0) is 25.1 Å². The molecule has 1 heterocycles. The molecule has 7 heteroatoms. The third-order valence-electron chi connectivity index (χ3n) is 3.31. The van der Waals surface area contributed by atoms with E-state index in [0.717, 1.165) is 15.8 Å². The Morgan fingerprint density at radius 1 is 1.25 bits per heavy atom. The molecule has 0 aliphatic rings. The lowest BCUT2D eigenvalue weighted by molar-refractivity contribution is -0.121. The highest BCUT2D eigenvalue weighted by molar-refractivity contribution is 7.22. The second-order valence-electron chi connectivity index (χ2n) is 5.11. The van der Waals surface area contributed by atoms with Crippen molar-refractivity contribution in [3.63, 3.8) is 0 Å². The van der Waals surface area contributed by atoms with Gasteiger partial charge in [0, 0.05) is 10.6 Å². The third-order valence-corrected chi connectivity index (χ3v) is 4.62. The van der Waals surface area contributed by atoms with Gasteiger partial charge in [0.1, 0.15) is 6.04 Å². The third kappa shape index (κ3) is 3.90. The van der Waals surface area contributed by atoms with Gasteiger partial charge >= 0.3 is 0 Å². The quantitative estimate of drug-likeness (QED) is 0.537. The van der Waals surface area contributed by atoms with Gasteiger partial charge in [0.15, 0.2) is 5.13 Å². The monoisotopic (exact) mass is 358 g/mol. The number of hydrazone groups is 1. The second-order valence-corrected chi connectivity index (χ2v) is 6.55. The van der Waals surface area contributed by atoms with E-state index in [9.17, 15) is 4.79 Å². The Labute approximate surface area is 148 Å². The highest BCUT2D eigenvalue weighted by Gasteiger charge is 2.14. The Morgan fingerprint density at radius 3 is 2.79 bits per heavy atom. The van der Waals surface area contributed by atoms with E-state index in [0.29, 0.717) is 10.2 Å². The highest BCUT2D eigenvalue weighted by atomic mass is 35.5. The smallest absolute Gasteiger partial charge is 0.262 e. The van der Waals surface area contributed by atoms with Crippen molar-refractivity contribution >= 4 is 50.4 Å². The van der Waals surface area contributed by atoms with Crippen molar-refractivity contribution in [1.82, 2.24) is 10.4 Å². The van der Waals surface area contributed by atoms with E-state index >= 15 is 0 Å². The summed E-state index contributed by atoms with van der Waals surface area (Å²) >= 11 is 7.53. The fraction of sp³-hybridized carbons (Fsp3) is 0.118. The Kier molecular flexibility index (Phi) is 5.08. The molecular weight excluding hydrogens is 344 g/mol. The van der Waals surface area contributed by atoms with Gasteiger partial charge in [0.25, 0.3) is 5.91 Å². The van der Waals surface area contributed by atoms with Crippen molar-refractivity contribution in [2.45, 2.75) is 13.0 Å². The average Bonchev–Trinajstić information content (AvgIpc) is 2.98. The molecule has 1 atom stereocenters. The Balaban J connectivity index is 1.59. The molecule has 0 spiro atoms. The van der Waals surface area contributed by atoms with Crippen LogP contribution in [0, 0.1) is 0 Å². The van der Waals surface area contributed by atoms with Crippen LogP contribution in [-0.4, -0.2) is 23.1 Å². The highest BCUT2D eigenvalue weighted by Crippen LogP contribution is 2.25. The lowest BCUT2D eigenvalue weighted by Gasteiger charge is -2.10. The molecule has 3 aromatic rings. The van der Waals surface area contributed by atoms with Crippen molar-refractivity contribution in [3.05, 3.63) is 59.1 Å². The first-order valence-corrected chi connectivity index (χ1v) is 8.52. The first-order valence-electron chi connectivity index (χ1n) is 7.33. The zero-order chi connectivity index (χ0) is 16.9. The second kappa shape index (κ2) is 7.42. The fourth-order valence-electron chi connectivity index (χ4n) is 2.03. The van der Waals surface area contributed by atoms with Crippen LogP contribution in [0.4, 0.5) is 5.13 Å². The normalized spacial score (nSPS) is 12.4. The number of hydrogen-bond donors (Lipinski definition) is 2. The molecule has 0 radical (unpaired) electrons. The number of hydrogen-bond acceptors (Lipinski definition) is 5. The SMILES string of the molecule is C[C@@H](Nc1nc2ccccc2s1)C(=O)N/N=C\c1ccccc1Cl. The molecule has 1 aromatic heterocycles. The Hall–Kier alpha value is -2.44. The number of amides is 1. The summed E-state index contributed by atoms with van der Waals surface area (Å²) in [5.41, 5.74) is 4.15. The molecule has 122 valence electrons. The number of carbonyl (C=O) groups excluding carboxylic acids is 1. The van der Waals surface area contributed by atoms with Crippen molar-refractivity contribution in [2.75, 3.05) is 5.32 Å². The predicted molar refractivity (Wildman–Crippen MR) is 99.9 cm³/mol. The van der Waals surface area contributed by atoms with E-state index in [1.54, 1.807) is 13.0 Å². The molecule has 2 N–H and O–H groups in total. The van der Waals surface area contributed by atoms with Gasteiger partial charge in [-0.3, -0.25) is 4.79 Å². The predicted octanol–water partition coefficient (Wildman–Crippen LogP) is 3.90. The molecule has 3 rings (SSSR count). The topological polar surface area (TPSA) is 66.4 Å². The number of aromatic nitrogens is 1. The van der Waals surface area contributed by atoms with E-state index in [2.05, 4.69) is 20.8 Å².